The fourth-order valence-electron chi connectivity index (χ4n) is 2.16. The molecule has 0 amide bonds. The molecule has 2 N–H and O–H groups in total. The first-order valence-electron chi connectivity index (χ1n) is 6.84. The maximum Gasteiger partial charge on any atom is 0.0897 e. The van der Waals surface area contributed by atoms with Crippen LogP contribution in [0.1, 0.15) is 39.5 Å². The molecule has 1 aliphatic rings. The van der Waals surface area contributed by atoms with Gasteiger partial charge in [0.1, 0.15) is 0 Å². The highest BCUT2D eigenvalue weighted by Crippen LogP contribution is 2.20. The maximum absolute atomic E-state index is 9.72. The van der Waals surface area contributed by atoms with E-state index in [0.717, 1.165) is 26.0 Å². The van der Waals surface area contributed by atoms with Gasteiger partial charge in [0.25, 0.3) is 0 Å². The van der Waals surface area contributed by atoms with Gasteiger partial charge in [-0.15, -0.1) is 0 Å². The molecular weight excluding hydrogens is 218 g/mol. The molecule has 1 saturated carbocycles. The molecule has 0 radical (unpaired) electrons. The summed E-state index contributed by atoms with van der Waals surface area (Å²) < 4.78 is 11.0. The van der Waals surface area contributed by atoms with Gasteiger partial charge in [0.2, 0.25) is 0 Å². The van der Waals surface area contributed by atoms with E-state index in [1.54, 1.807) is 0 Å². The molecule has 0 aliphatic heterocycles. The van der Waals surface area contributed by atoms with Gasteiger partial charge >= 0.3 is 0 Å². The van der Waals surface area contributed by atoms with Crippen molar-refractivity contribution in [3.8, 4) is 0 Å². The highest BCUT2D eigenvalue weighted by molar-refractivity contribution is 4.68. The van der Waals surface area contributed by atoms with Gasteiger partial charge in [-0.25, -0.2) is 0 Å². The molecule has 0 aromatic heterocycles. The minimum atomic E-state index is -0.413. The quantitative estimate of drug-likeness (QED) is 0.643. The SMILES string of the molecule is CCOC(C)CNCC(O)COC1CCCC1. The Morgan fingerprint density at radius 1 is 1.29 bits per heavy atom. The second-order valence-corrected chi connectivity index (χ2v) is 4.82. The lowest BCUT2D eigenvalue weighted by Gasteiger charge is -2.17. The molecule has 102 valence electrons. The smallest absolute Gasteiger partial charge is 0.0897 e. The van der Waals surface area contributed by atoms with Crippen molar-refractivity contribution in [2.24, 2.45) is 0 Å². The predicted octanol–water partition coefficient (Wildman–Crippen LogP) is 1.32. The summed E-state index contributed by atoms with van der Waals surface area (Å²) in [6.45, 7) is 6.54. The normalized spacial score (nSPS) is 20.6. The average molecular weight is 245 g/mol. The molecule has 1 aliphatic carbocycles. The van der Waals surface area contributed by atoms with Crippen LogP contribution >= 0.6 is 0 Å². The lowest BCUT2D eigenvalue weighted by atomic mass is 10.3. The number of aliphatic hydroxyl groups is 1. The van der Waals surface area contributed by atoms with Crippen LogP contribution in [0.3, 0.4) is 0 Å². The molecule has 0 spiro atoms. The molecule has 1 rings (SSSR count). The Hall–Kier alpha value is -0.160. The van der Waals surface area contributed by atoms with Gasteiger partial charge in [-0.05, 0) is 26.7 Å². The average Bonchev–Trinajstić information content (AvgIpc) is 2.79. The van der Waals surface area contributed by atoms with E-state index in [9.17, 15) is 5.11 Å². The van der Waals surface area contributed by atoms with E-state index in [4.69, 9.17) is 9.47 Å². The van der Waals surface area contributed by atoms with Crippen LogP contribution in [0.2, 0.25) is 0 Å². The lowest BCUT2D eigenvalue weighted by molar-refractivity contribution is -0.00700. The largest absolute Gasteiger partial charge is 0.389 e. The van der Waals surface area contributed by atoms with Crippen molar-refractivity contribution >= 4 is 0 Å². The van der Waals surface area contributed by atoms with Gasteiger partial charge in [-0.3, -0.25) is 0 Å². The molecule has 0 heterocycles. The van der Waals surface area contributed by atoms with Crippen molar-refractivity contribution in [3.05, 3.63) is 0 Å². The first-order chi connectivity index (χ1) is 8.22. The van der Waals surface area contributed by atoms with Crippen LogP contribution in [0.25, 0.3) is 0 Å². The van der Waals surface area contributed by atoms with Gasteiger partial charge in [0.05, 0.1) is 24.9 Å². The highest BCUT2D eigenvalue weighted by Gasteiger charge is 2.16. The Labute approximate surface area is 105 Å². The molecule has 4 nitrogen and oxygen atoms in total. The molecule has 4 heteroatoms. The van der Waals surface area contributed by atoms with E-state index in [1.165, 1.54) is 12.8 Å². The minimum absolute atomic E-state index is 0.197. The van der Waals surface area contributed by atoms with Crippen molar-refractivity contribution in [2.45, 2.75) is 57.8 Å². The molecular formula is C13H27NO3. The van der Waals surface area contributed by atoms with Crippen molar-refractivity contribution in [3.63, 3.8) is 0 Å². The van der Waals surface area contributed by atoms with Gasteiger partial charge < -0.3 is 19.9 Å². The topological polar surface area (TPSA) is 50.7 Å². The first kappa shape index (κ1) is 14.9. The number of aliphatic hydroxyl groups excluding tert-OH is 1. The molecule has 0 aromatic rings. The third-order valence-corrected chi connectivity index (χ3v) is 3.09. The Balaban J connectivity index is 1.94. The van der Waals surface area contributed by atoms with E-state index < -0.39 is 6.10 Å². The summed E-state index contributed by atoms with van der Waals surface area (Å²) in [5.41, 5.74) is 0. The standard InChI is InChI=1S/C13H27NO3/c1-3-16-11(2)8-14-9-12(15)10-17-13-6-4-5-7-13/h11-15H,3-10H2,1-2H3. The Morgan fingerprint density at radius 2 is 2.00 bits per heavy atom. The van der Waals surface area contributed by atoms with Crippen LogP contribution in [0.4, 0.5) is 0 Å². The van der Waals surface area contributed by atoms with Gasteiger partial charge in [-0.2, -0.15) is 0 Å². The van der Waals surface area contributed by atoms with Crippen LogP contribution in [0, 0.1) is 0 Å². The lowest BCUT2D eigenvalue weighted by Crippen LogP contribution is -2.35. The van der Waals surface area contributed by atoms with Crippen molar-refractivity contribution in [1.29, 1.82) is 0 Å². The monoisotopic (exact) mass is 245 g/mol. The summed E-state index contributed by atoms with van der Waals surface area (Å²) in [4.78, 5) is 0. The van der Waals surface area contributed by atoms with Crippen molar-refractivity contribution in [2.75, 3.05) is 26.3 Å². The first-order valence-corrected chi connectivity index (χ1v) is 6.84. The molecule has 2 unspecified atom stereocenters. The summed E-state index contributed by atoms with van der Waals surface area (Å²) in [7, 11) is 0. The van der Waals surface area contributed by atoms with E-state index in [0.29, 0.717) is 19.3 Å². The van der Waals surface area contributed by atoms with Crippen LogP contribution in [0.5, 0.6) is 0 Å². The molecule has 0 saturated heterocycles. The number of ether oxygens (including phenoxy) is 2. The Kier molecular flexibility index (Phi) is 7.77. The van der Waals surface area contributed by atoms with Crippen LogP contribution in [-0.2, 0) is 9.47 Å². The van der Waals surface area contributed by atoms with Crippen LogP contribution in [0.15, 0.2) is 0 Å². The summed E-state index contributed by atoms with van der Waals surface area (Å²) in [5, 5.41) is 12.9. The molecule has 0 aromatic carbocycles. The number of rotatable bonds is 9. The summed E-state index contributed by atoms with van der Waals surface area (Å²) in [5.74, 6) is 0. The summed E-state index contributed by atoms with van der Waals surface area (Å²) in [6.07, 6.45) is 5.01. The fourth-order valence-corrected chi connectivity index (χ4v) is 2.16. The predicted molar refractivity (Wildman–Crippen MR) is 68.2 cm³/mol. The van der Waals surface area contributed by atoms with E-state index in [1.807, 2.05) is 13.8 Å². The van der Waals surface area contributed by atoms with Crippen LogP contribution in [-0.4, -0.2) is 49.7 Å². The molecule has 0 bridgehead atoms. The van der Waals surface area contributed by atoms with E-state index in [-0.39, 0.29) is 6.10 Å². The zero-order valence-corrected chi connectivity index (χ0v) is 11.2. The van der Waals surface area contributed by atoms with Gasteiger partial charge in [-0.1, -0.05) is 12.8 Å². The third kappa shape index (κ3) is 6.99. The molecule has 2 atom stereocenters. The summed E-state index contributed by atoms with van der Waals surface area (Å²) in [6, 6.07) is 0. The molecule has 1 fully saturated rings. The van der Waals surface area contributed by atoms with Gasteiger partial charge in [0.15, 0.2) is 0 Å². The zero-order chi connectivity index (χ0) is 12.5. The number of nitrogens with one attached hydrogen (secondary N) is 1. The fraction of sp³-hybridized carbons (Fsp3) is 1.00. The number of hydrogen-bond acceptors (Lipinski definition) is 4. The Morgan fingerprint density at radius 3 is 2.65 bits per heavy atom. The molecule has 17 heavy (non-hydrogen) atoms. The van der Waals surface area contributed by atoms with E-state index in [2.05, 4.69) is 5.32 Å². The van der Waals surface area contributed by atoms with Crippen molar-refractivity contribution in [1.82, 2.24) is 5.32 Å². The maximum atomic E-state index is 9.72. The zero-order valence-electron chi connectivity index (χ0n) is 11.2. The third-order valence-electron chi connectivity index (χ3n) is 3.09. The van der Waals surface area contributed by atoms with E-state index >= 15 is 0 Å². The van der Waals surface area contributed by atoms with Gasteiger partial charge in [0, 0.05) is 19.7 Å². The summed E-state index contributed by atoms with van der Waals surface area (Å²) >= 11 is 0. The minimum Gasteiger partial charge on any atom is -0.389 e. The second-order valence-electron chi connectivity index (χ2n) is 4.82. The number of hydrogen-bond donors (Lipinski definition) is 2. The van der Waals surface area contributed by atoms with Crippen LogP contribution < -0.4 is 5.32 Å². The van der Waals surface area contributed by atoms with Crippen molar-refractivity contribution < 1.29 is 14.6 Å². The highest BCUT2D eigenvalue weighted by atomic mass is 16.5. The second kappa shape index (κ2) is 8.86. The Bertz CT molecular complexity index is 184.